The van der Waals surface area contributed by atoms with Crippen LogP contribution in [0.1, 0.15) is 12.8 Å². The Bertz CT molecular complexity index is 476. The van der Waals surface area contributed by atoms with Gasteiger partial charge in [0.2, 0.25) is 5.82 Å². The van der Waals surface area contributed by atoms with Gasteiger partial charge < -0.3 is 15.1 Å². The van der Waals surface area contributed by atoms with Gasteiger partial charge in [-0.15, -0.1) is 0 Å². The predicted molar refractivity (Wildman–Crippen MR) is 75.5 cm³/mol. The fourth-order valence-corrected chi connectivity index (χ4v) is 2.35. The van der Waals surface area contributed by atoms with E-state index in [1.807, 2.05) is 11.9 Å². The SMILES string of the molecule is CN(CC1CCOCC1)c1nc(NN)ccc1[N+](=O)[O-]. The van der Waals surface area contributed by atoms with Crippen molar-refractivity contribution in [3.8, 4) is 0 Å². The second-order valence-electron chi connectivity index (χ2n) is 4.88. The average Bonchev–Trinajstić information content (AvgIpc) is 2.47. The van der Waals surface area contributed by atoms with Crippen molar-refractivity contribution in [3.63, 3.8) is 0 Å². The lowest BCUT2D eigenvalue weighted by Crippen LogP contribution is -2.30. The van der Waals surface area contributed by atoms with E-state index in [1.165, 1.54) is 12.1 Å². The summed E-state index contributed by atoms with van der Waals surface area (Å²) >= 11 is 0. The molecule has 0 atom stereocenters. The molecule has 2 rings (SSSR count). The fraction of sp³-hybridized carbons (Fsp3) is 0.583. The van der Waals surface area contributed by atoms with Crippen LogP contribution < -0.4 is 16.2 Å². The number of hydrazine groups is 1. The number of hydrogen-bond donors (Lipinski definition) is 2. The molecule has 1 fully saturated rings. The van der Waals surface area contributed by atoms with E-state index < -0.39 is 4.92 Å². The van der Waals surface area contributed by atoms with Gasteiger partial charge in [0.15, 0.2) is 0 Å². The molecule has 20 heavy (non-hydrogen) atoms. The number of anilines is 2. The molecule has 8 heteroatoms. The third-order valence-electron chi connectivity index (χ3n) is 3.43. The Kier molecular flexibility index (Phi) is 4.70. The fourth-order valence-electron chi connectivity index (χ4n) is 2.35. The molecule has 1 aromatic heterocycles. The number of aromatic nitrogens is 1. The zero-order valence-corrected chi connectivity index (χ0v) is 11.4. The first-order valence-corrected chi connectivity index (χ1v) is 6.52. The summed E-state index contributed by atoms with van der Waals surface area (Å²) in [6, 6.07) is 2.90. The van der Waals surface area contributed by atoms with Gasteiger partial charge in [-0.3, -0.25) is 10.1 Å². The van der Waals surface area contributed by atoms with Gasteiger partial charge in [-0.25, -0.2) is 10.8 Å². The molecular formula is C12H19N5O3. The number of rotatable bonds is 5. The van der Waals surface area contributed by atoms with E-state index in [-0.39, 0.29) is 5.69 Å². The minimum Gasteiger partial charge on any atom is -0.381 e. The zero-order chi connectivity index (χ0) is 14.5. The maximum absolute atomic E-state index is 11.1. The predicted octanol–water partition coefficient (Wildman–Crippen LogP) is 1.14. The van der Waals surface area contributed by atoms with E-state index in [2.05, 4.69) is 10.4 Å². The normalized spacial score (nSPS) is 15.9. The van der Waals surface area contributed by atoms with E-state index in [1.54, 1.807) is 0 Å². The summed E-state index contributed by atoms with van der Waals surface area (Å²) in [6.07, 6.45) is 1.93. The van der Waals surface area contributed by atoms with Crippen LogP contribution in [0.25, 0.3) is 0 Å². The number of nitro groups is 1. The third-order valence-corrected chi connectivity index (χ3v) is 3.43. The van der Waals surface area contributed by atoms with Gasteiger partial charge in [0.25, 0.3) is 0 Å². The highest BCUT2D eigenvalue weighted by atomic mass is 16.6. The molecule has 1 saturated heterocycles. The van der Waals surface area contributed by atoms with E-state index in [4.69, 9.17) is 10.6 Å². The second-order valence-corrected chi connectivity index (χ2v) is 4.88. The van der Waals surface area contributed by atoms with Crippen LogP contribution in [0.2, 0.25) is 0 Å². The molecule has 0 spiro atoms. The quantitative estimate of drug-likeness (QED) is 0.473. The highest BCUT2D eigenvalue weighted by Crippen LogP contribution is 2.28. The minimum atomic E-state index is -0.427. The minimum absolute atomic E-state index is 0.0152. The van der Waals surface area contributed by atoms with Crippen LogP contribution in [0, 0.1) is 16.0 Å². The summed E-state index contributed by atoms with van der Waals surface area (Å²) in [5, 5.41) is 11.1. The molecule has 0 unspecified atom stereocenters. The highest BCUT2D eigenvalue weighted by molar-refractivity contribution is 5.61. The lowest BCUT2D eigenvalue weighted by Gasteiger charge is -2.27. The zero-order valence-electron chi connectivity index (χ0n) is 11.4. The summed E-state index contributed by atoms with van der Waals surface area (Å²) in [7, 11) is 1.81. The summed E-state index contributed by atoms with van der Waals surface area (Å²) in [5.41, 5.74) is 2.40. The number of pyridine rings is 1. The second kappa shape index (κ2) is 6.49. The number of nitrogens with two attached hydrogens (primary N) is 1. The number of nitrogen functional groups attached to an aromatic ring is 1. The van der Waals surface area contributed by atoms with Crippen LogP contribution in [-0.4, -0.2) is 36.7 Å². The van der Waals surface area contributed by atoms with Crippen molar-refractivity contribution in [3.05, 3.63) is 22.2 Å². The summed E-state index contributed by atoms with van der Waals surface area (Å²) in [6.45, 7) is 2.21. The molecule has 1 aliphatic rings. The van der Waals surface area contributed by atoms with Crippen LogP contribution in [-0.2, 0) is 4.74 Å². The van der Waals surface area contributed by atoms with E-state index in [0.29, 0.717) is 24.1 Å². The first kappa shape index (κ1) is 14.5. The van der Waals surface area contributed by atoms with Crippen molar-refractivity contribution in [2.24, 2.45) is 11.8 Å². The van der Waals surface area contributed by atoms with Gasteiger partial charge in [0, 0.05) is 32.9 Å². The molecule has 0 saturated carbocycles. The molecule has 3 N–H and O–H groups in total. The Labute approximate surface area is 117 Å². The number of hydrogen-bond acceptors (Lipinski definition) is 7. The molecule has 0 radical (unpaired) electrons. The maximum atomic E-state index is 11.1. The Hall–Kier alpha value is -1.93. The van der Waals surface area contributed by atoms with Gasteiger partial charge in [-0.2, -0.15) is 0 Å². The van der Waals surface area contributed by atoms with Crippen molar-refractivity contribution < 1.29 is 9.66 Å². The highest BCUT2D eigenvalue weighted by Gasteiger charge is 2.23. The summed E-state index contributed by atoms with van der Waals surface area (Å²) in [4.78, 5) is 16.7. The number of nitrogens with zero attached hydrogens (tertiary/aromatic N) is 3. The Morgan fingerprint density at radius 1 is 1.55 bits per heavy atom. The molecule has 2 heterocycles. The van der Waals surface area contributed by atoms with Gasteiger partial charge in [-0.1, -0.05) is 0 Å². The number of nitrogens with one attached hydrogen (secondary N) is 1. The largest absolute Gasteiger partial charge is 0.381 e. The third kappa shape index (κ3) is 3.34. The molecule has 0 aromatic carbocycles. The molecule has 0 bridgehead atoms. The Morgan fingerprint density at radius 3 is 2.85 bits per heavy atom. The topological polar surface area (TPSA) is 107 Å². The summed E-state index contributed by atoms with van der Waals surface area (Å²) < 4.78 is 5.32. The molecule has 1 aromatic rings. The van der Waals surface area contributed by atoms with Crippen molar-refractivity contribution in [2.75, 3.05) is 37.1 Å². The molecule has 0 amide bonds. The van der Waals surface area contributed by atoms with Crippen molar-refractivity contribution in [1.82, 2.24) is 4.98 Å². The molecule has 8 nitrogen and oxygen atoms in total. The van der Waals surface area contributed by atoms with Crippen molar-refractivity contribution >= 4 is 17.3 Å². The van der Waals surface area contributed by atoms with Gasteiger partial charge in [0.05, 0.1) is 4.92 Å². The first-order valence-electron chi connectivity index (χ1n) is 6.52. The van der Waals surface area contributed by atoms with Crippen LogP contribution in [0.3, 0.4) is 0 Å². The monoisotopic (exact) mass is 281 g/mol. The maximum Gasteiger partial charge on any atom is 0.311 e. The smallest absolute Gasteiger partial charge is 0.311 e. The summed E-state index contributed by atoms with van der Waals surface area (Å²) in [5.74, 6) is 6.51. The molecular weight excluding hydrogens is 262 g/mol. The molecule has 0 aliphatic carbocycles. The Morgan fingerprint density at radius 2 is 2.25 bits per heavy atom. The van der Waals surface area contributed by atoms with Gasteiger partial charge in [0.1, 0.15) is 5.82 Å². The first-order chi connectivity index (χ1) is 9.61. The lowest BCUT2D eigenvalue weighted by atomic mass is 10.00. The van der Waals surface area contributed by atoms with Crippen LogP contribution in [0.5, 0.6) is 0 Å². The Balaban J connectivity index is 2.17. The standard InChI is InChI=1S/C12H19N5O3/c1-16(8-9-4-6-20-7-5-9)12-10(17(18)19)2-3-11(14-12)15-13/h2-3,9H,4-8,13H2,1H3,(H,14,15). The average molecular weight is 281 g/mol. The lowest BCUT2D eigenvalue weighted by molar-refractivity contribution is -0.384. The molecule has 110 valence electrons. The number of ether oxygens (including phenoxy) is 1. The van der Waals surface area contributed by atoms with E-state index >= 15 is 0 Å². The van der Waals surface area contributed by atoms with E-state index in [0.717, 1.165) is 26.1 Å². The van der Waals surface area contributed by atoms with Crippen LogP contribution in [0.4, 0.5) is 17.3 Å². The van der Waals surface area contributed by atoms with Crippen LogP contribution in [0.15, 0.2) is 12.1 Å². The van der Waals surface area contributed by atoms with Gasteiger partial charge >= 0.3 is 5.69 Å². The van der Waals surface area contributed by atoms with Gasteiger partial charge in [-0.05, 0) is 24.8 Å². The van der Waals surface area contributed by atoms with Crippen LogP contribution >= 0.6 is 0 Å². The van der Waals surface area contributed by atoms with E-state index in [9.17, 15) is 10.1 Å². The van der Waals surface area contributed by atoms with Crippen molar-refractivity contribution in [2.45, 2.75) is 12.8 Å². The van der Waals surface area contributed by atoms with Crippen molar-refractivity contribution in [1.29, 1.82) is 0 Å². The molecule has 1 aliphatic heterocycles.